The Morgan fingerprint density at radius 1 is 1.37 bits per heavy atom. The van der Waals surface area contributed by atoms with Gasteiger partial charge in [0.1, 0.15) is 18.0 Å². The summed E-state index contributed by atoms with van der Waals surface area (Å²) >= 11 is 2.22. The lowest BCUT2D eigenvalue weighted by molar-refractivity contribution is -0.0712. The smallest absolute Gasteiger partial charge is 0.151 e. The average molecular weight is 374 g/mol. The third-order valence-electron chi connectivity index (χ3n) is 3.59. The van der Waals surface area contributed by atoms with Crippen LogP contribution in [0.15, 0.2) is 33.9 Å². The van der Waals surface area contributed by atoms with Gasteiger partial charge in [0.2, 0.25) is 0 Å². The van der Waals surface area contributed by atoms with Crippen LogP contribution in [-0.2, 0) is 16.1 Å². The fourth-order valence-electron chi connectivity index (χ4n) is 2.34. The summed E-state index contributed by atoms with van der Waals surface area (Å²) in [5, 5.41) is 9.67. The van der Waals surface area contributed by atoms with Gasteiger partial charge < -0.3 is 19.3 Å². The van der Waals surface area contributed by atoms with Crippen molar-refractivity contribution in [3.63, 3.8) is 0 Å². The molecule has 0 saturated carbocycles. The van der Waals surface area contributed by atoms with Crippen LogP contribution in [0.3, 0.4) is 0 Å². The summed E-state index contributed by atoms with van der Waals surface area (Å²) in [6, 6.07) is 7.72. The van der Waals surface area contributed by atoms with Crippen LogP contribution in [-0.4, -0.2) is 36.6 Å². The van der Waals surface area contributed by atoms with Crippen LogP contribution in [0.1, 0.15) is 5.56 Å². The Balaban J connectivity index is 1.69. The average Bonchev–Trinajstić information content (AvgIpc) is 3.15. The molecule has 0 aromatic heterocycles. The van der Waals surface area contributed by atoms with E-state index in [0.29, 0.717) is 6.61 Å². The molecule has 5 heteroatoms. The molecule has 102 valence electrons. The van der Waals surface area contributed by atoms with Crippen molar-refractivity contribution in [3.05, 3.63) is 39.5 Å². The minimum atomic E-state index is -0.675. The second kappa shape index (κ2) is 5.05. The number of epoxide rings is 1. The number of halogens is 1. The lowest BCUT2D eigenvalue weighted by Crippen LogP contribution is -2.41. The highest BCUT2D eigenvalue weighted by Gasteiger charge is 2.61. The zero-order valence-corrected chi connectivity index (χ0v) is 12.7. The molecule has 1 N–H and O–H groups in total. The van der Waals surface area contributed by atoms with Crippen LogP contribution >= 0.6 is 22.6 Å². The SMILES string of the molecule is COc1ccc(CO[C@@]2(CO)C(I)=C[C@H]3O[C@H]32)cc1. The summed E-state index contributed by atoms with van der Waals surface area (Å²) in [7, 11) is 1.64. The minimum absolute atomic E-state index is 0.0253. The molecule has 3 rings (SSSR count). The molecule has 19 heavy (non-hydrogen) atoms. The maximum Gasteiger partial charge on any atom is 0.151 e. The van der Waals surface area contributed by atoms with Gasteiger partial charge in [-0.1, -0.05) is 12.1 Å². The van der Waals surface area contributed by atoms with Crippen molar-refractivity contribution in [1.82, 2.24) is 0 Å². The first kappa shape index (κ1) is 13.4. The van der Waals surface area contributed by atoms with E-state index in [9.17, 15) is 5.11 Å². The number of rotatable bonds is 5. The van der Waals surface area contributed by atoms with Crippen molar-refractivity contribution in [2.24, 2.45) is 0 Å². The van der Waals surface area contributed by atoms with Crippen molar-refractivity contribution >= 4 is 22.6 Å². The maximum absolute atomic E-state index is 9.67. The van der Waals surface area contributed by atoms with Crippen LogP contribution < -0.4 is 4.74 Å². The normalized spacial score (nSPS) is 31.8. The first-order valence-corrected chi connectivity index (χ1v) is 7.18. The van der Waals surface area contributed by atoms with E-state index in [1.54, 1.807) is 7.11 Å². The Morgan fingerprint density at radius 2 is 2.11 bits per heavy atom. The van der Waals surface area contributed by atoms with Crippen molar-refractivity contribution in [3.8, 4) is 5.75 Å². The molecule has 0 radical (unpaired) electrons. The first-order chi connectivity index (χ1) is 9.19. The van der Waals surface area contributed by atoms with Gasteiger partial charge in [-0.15, -0.1) is 0 Å². The van der Waals surface area contributed by atoms with Crippen LogP contribution in [0, 0.1) is 0 Å². The first-order valence-electron chi connectivity index (χ1n) is 6.10. The number of methoxy groups -OCH3 is 1. The summed E-state index contributed by atoms with van der Waals surface area (Å²) in [5.74, 6) is 0.821. The molecule has 1 aliphatic heterocycles. The molecule has 1 aliphatic carbocycles. The molecule has 1 heterocycles. The van der Waals surface area contributed by atoms with E-state index in [0.717, 1.165) is 14.9 Å². The van der Waals surface area contributed by atoms with Gasteiger partial charge in [0.25, 0.3) is 0 Å². The Kier molecular flexibility index (Phi) is 3.55. The highest BCUT2D eigenvalue weighted by atomic mass is 127. The summed E-state index contributed by atoms with van der Waals surface area (Å²) in [6.07, 6.45) is 2.12. The van der Waals surface area contributed by atoms with Crippen molar-refractivity contribution in [2.45, 2.75) is 24.4 Å². The van der Waals surface area contributed by atoms with E-state index in [4.69, 9.17) is 14.2 Å². The van der Waals surface area contributed by atoms with E-state index in [-0.39, 0.29) is 18.8 Å². The second-order valence-corrected chi connectivity index (χ2v) is 5.88. The Hall–Kier alpha value is -0.630. The van der Waals surface area contributed by atoms with E-state index in [1.165, 1.54) is 0 Å². The molecule has 1 fully saturated rings. The molecule has 0 spiro atoms. The fourth-order valence-corrected chi connectivity index (χ4v) is 3.33. The molecule has 1 saturated heterocycles. The molecular formula is C14H15IO4. The van der Waals surface area contributed by atoms with Gasteiger partial charge in [0.05, 0.1) is 20.3 Å². The summed E-state index contributed by atoms with van der Waals surface area (Å²) < 4.78 is 17.6. The number of aliphatic hydroxyl groups is 1. The molecule has 1 aromatic carbocycles. The lowest BCUT2D eigenvalue weighted by Gasteiger charge is -2.28. The summed E-state index contributed by atoms with van der Waals surface area (Å²) in [5.41, 5.74) is 0.368. The van der Waals surface area contributed by atoms with Gasteiger partial charge in [-0.3, -0.25) is 0 Å². The van der Waals surface area contributed by atoms with E-state index in [1.807, 2.05) is 30.3 Å². The van der Waals surface area contributed by atoms with Crippen molar-refractivity contribution in [2.75, 3.05) is 13.7 Å². The second-order valence-electron chi connectivity index (χ2n) is 4.72. The predicted octanol–water partition coefficient (Wildman–Crippen LogP) is 2.04. The Bertz CT molecular complexity index is 499. The Labute approximate surface area is 125 Å². The van der Waals surface area contributed by atoms with Gasteiger partial charge >= 0.3 is 0 Å². The molecule has 0 unspecified atom stereocenters. The molecule has 3 atom stereocenters. The van der Waals surface area contributed by atoms with E-state index >= 15 is 0 Å². The lowest BCUT2D eigenvalue weighted by atomic mass is 10.0. The zero-order valence-electron chi connectivity index (χ0n) is 10.5. The molecule has 0 bridgehead atoms. The van der Waals surface area contributed by atoms with Gasteiger partial charge in [0, 0.05) is 3.58 Å². The standard InChI is InChI=1S/C14H15IO4/c1-17-10-4-2-9(3-5-10)7-18-14(8-16)12(15)6-11-13(14)19-11/h2-6,11,13,16H,7-8H2,1H3/t11-,13-,14+/m1/s1. The summed E-state index contributed by atoms with van der Waals surface area (Å²) in [6.45, 7) is 0.385. The number of hydrogen-bond donors (Lipinski definition) is 1. The van der Waals surface area contributed by atoms with Crippen LogP contribution in [0.25, 0.3) is 0 Å². The largest absolute Gasteiger partial charge is 0.497 e. The van der Waals surface area contributed by atoms with Crippen molar-refractivity contribution < 1.29 is 19.3 Å². The van der Waals surface area contributed by atoms with Crippen LogP contribution in [0.4, 0.5) is 0 Å². The van der Waals surface area contributed by atoms with Gasteiger partial charge in [-0.25, -0.2) is 0 Å². The van der Waals surface area contributed by atoms with E-state index < -0.39 is 5.60 Å². The predicted molar refractivity (Wildman–Crippen MR) is 78.4 cm³/mol. The van der Waals surface area contributed by atoms with Gasteiger partial charge in [0.15, 0.2) is 5.60 Å². The van der Waals surface area contributed by atoms with Gasteiger partial charge in [-0.05, 0) is 46.4 Å². The summed E-state index contributed by atoms with van der Waals surface area (Å²) in [4.78, 5) is 0. The number of aliphatic hydroxyl groups excluding tert-OH is 1. The molecule has 2 aliphatic rings. The molecule has 4 nitrogen and oxygen atoms in total. The third-order valence-corrected chi connectivity index (χ3v) is 4.86. The highest BCUT2D eigenvalue weighted by Crippen LogP contribution is 2.50. The molecular weight excluding hydrogens is 359 g/mol. The van der Waals surface area contributed by atoms with Crippen LogP contribution in [0.5, 0.6) is 5.75 Å². The number of hydrogen-bond acceptors (Lipinski definition) is 4. The zero-order chi connectivity index (χ0) is 13.5. The van der Waals surface area contributed by atoms with Gasteiger partial charge in [-0.2, -0.15) is 0 Å². The number of ether oxygens (including phenoxy) is 3. The maximum atomic E-state index is 9.67. The third kappa shape index (κ3) is 2.29. The monoisotopic (exact) mass is 374 g/mol. The number of fused-ring (bicyclic) bond motifs is 1. The van der Waals surface area contributed by atoms with E-state index in [2.05, 4.69) is 22.6 Å². The molecule has 1 aromatic rings. The Morgan fingerprint density at radius 3 is 2.63 bits per heavy atom. The molecule has 0 amide bonds. The van der Waals surface area contributed by atoms with Crippen molar-refractivity contribution in [1.29, 1.82) is 0 Å². The fraction of sp³-hybridized carbons (Fsp3) is 0.429. The number of benzene rings is 1. The quantitative estimate of drug-likeness (QED) is 0.633. The highest BCUT2D eigenvalue weighted by molar-refractivity contribution is 14.1. The van der Waals surface area contributed by atoms with Crippen LogP contribution in [0.2, 0.25) is 0 Å². The topological polar surface area (TPSA) is 51.2 Å². The minimum Gasteiger partial charge on any atom is -0.497 e.